The van der Waals surface area contributed by atoms with Crippen molar-refractivity contribution in [3.05, 3.63) is 40.0 Å². The summed E-state index contributed by atoms with van der Waals surface area (Å²) in [6.45, 7) is -0.273. The molecule has 0 radical (unpaired) electrons. The number of carboxylic acid groups (broad SMARTS) is 1. The number of aliphatic carboxylic acids is 1. The molecule has 2 N–H and O–H groups in total. The van der Waals surface area contributed by atoms with Crippen LogP contribution in [0, 0.1) is 0 Å². The molecule has 1 fully saturated rings. The number of hydrogen-bond acceptors (Lipinski definition) is 5. The maximum absolute atomic E-state index is 12.2. The molecule has 25 heavy (non-hydrogen) atoms. The number of amides is 2. The third-order valence-electron chi connectivity index (χ3n) is 3.62. The second kappa shape index (κ2) is 7.15. The van der Waals surface area contributed by atoms with Crippen LogP contribution in [0.5, 0.6) is 5.75 Å². The normalized spacial score (nSPS) is 22.2. The summed E-state index contributed by atoms with van der Waals surface area (Å²) in [7, 11) is 0. The molecular weight excluding hydrogens is 391 g/mol. The summed E-state index contributed by atoms with van der Waals surface area (Å²) >= 11 is 12.9. The van der Waals surface area contributed by atoms with E-state index in [1.54, 1.807) is 24.3 Å². The van der Waals surface area contributed by atoms with E-state index in [4.69, 9.17) is 27.9 Å². The molecule has 0 bridgehead atoms. The van der Waals surface area contributed by atoms with Gasteiger partial charge in [0.25, 0.3) is 11.8 Å². The van der Waals surface area contributed by atoms with Crippen LogP contribution in [0.4, 0.5) is 0 Å². The predicted molar refractivity (Wildman–Crippen MR) is 92.5 cm³/mol. The van der Waals surface area contributed by atoms with E-state index in [1.807, 2.05) is 0 Å². The van der Waals surface area contributed by atoms with Crippen molar-refractivity contribution in [2.24, 2.45) is 0 Å². The van der Waals surface area contributed by atoms with E-state index >= 15 is 0 Å². The molecule has 2 heterocycles. The van der Waals surface area contributed by atoms with E-state index < -0.39 is 29.2 Å². The van der Waals surface area contributed by atoms with Crippen LogP contribution >= 0.6 is 35.0 Å². The predicted octanol–water partition coefficient (Wildman–Crippen LogP) is 1.65. The third-order valence-corrected chi connectivity index (χ3v) is 5.63. The van der Waals surface area contributed by atoms with Crippen molar-refractivity contribution >= 4 is 52.7 Å². The molecule has 0 spiro atoms. The van der Waals surface area contributed by atoms with Crippen molar-refractivity contribution in [3.63, 3.8) is 0 Å². The van der Waals surface area contributed by atoms with Crippen LogP contribution in [0.15, 0.2) is 35.0 Å². The van der Waals surface area contributed by atoms with Gasteiger partial charge in [-0.05, 0) is 24.3 Å². The molecule has 2 amide bonds. The molecule has 1 unspecified atom stereocenters. The number of thioether (sulfide) groups is 1. The molecule has 0 aliphatic carbocycles. The summed E-state index contributed by atoms with van der Waals surface area (Å²) in [6, 6.07) is 5.70. The molecule has 1 aromatic carbocycles. The van der Waals surface area contributed by atoms with Crippen molar-refractivity contribution in [2.75, 3.05) is 12.4 Å². The number of rotatable bonds is 5. The Balaban J connectivity index is 1.58. The van der Waals surface area contributed by atoms with E-state index in [0.29, 0.717) is 10.8 Å². The number of carbonyl (C=O) groups is 3. The summed E-state index contributed by atoms with van der Waals surface area (Å²) < 4.78 is 5.31. The van der Waals surface area contributed by atoms with Crippen LogP contribution in [0.1, 0.15) is 0 Å². The Morgan fingerprint density at radius 1 is 1.32 bits per heavy atom. The fourth-order valence-electron chi connectivity index (χ4n) is 2.48. The maximum Gasteiger partial charge on any atom is 0.353 e. The number of halogens is 2. The van der Waals surface area contributed by atoms with Crippen LogP contribution in [-0.4, -0.2) is 51.6 Å². The fraction of sp³-hybridized carbons (Fsp3) is 0.267. The first-order valence-corrected chi connectivity index (χ1v) is 8.93. The Kier molecular flexibility index (Phi) is 5.12. The molecule has 0 aromatic heterocycles. The minimum absolute atomic E-state index is 0.109. The smallest absolute Gasteiger partial charge is 0.353 e. The van der Waals surface area contributed by atoms with Crippen molar-refractivity contribution in [1.29, 1.82) is 0 Å². The highest BCUT2D eigenvalue weighted by molar-refractivity contribution is 8.00. The number of β-lactam (4-membered cyclic amide) rings is 1. The van der Waals surface area contributed by atoms with Crippen molar-refractivity contribution in [2.45, 2.75) is 11.4 Å². The molecule has 7 nitrogen and oxygen atoms in total. The lowest BCUT2D eigenvalue weighted by Gasteiger charge is -2.48. The third kappa shape index (κ3) is 3.56. The Morgan fingerprint density at radius 2 is 2.00 bits per heavy atom. The molecule has 132 valence electrons. The van der Waals surface area contributed by atoms with Gasteiger partial charge in [-0.2, -0.15) is 0 Å². The summed E-state index contributed by atoms with van der Waals surface area (Å²) in [6.07, 6.45) is 0. The first-order chi connectivity index (χ1) is 11.9. The Labute approximate surface area is 156 Å². The summed E-state index contributed by atoms with van der Waals surface area (Å²) in [5.74, 6) is -1.51. The first-order valence-electron chi connectivity index (χ1n) is 7.13. The van der Waals surface area contributed by atoms with Gasteiger partial charge in [-0.1, -0.05) is 23.2 Å². The number of hydrogen-bond donors (Lipinski definition) is 2. The quantitative estimate of drug-likeness (QED) is 0.726. The molecule has 2 aliphatic rings. The number of nitrogens with one attached hydrogen (secondary N) is 1. The van der Waals surface area contributed by atoms with Crippen molar-refractivity contribution in [3.8, 4) is 5.75 Å². The van der Waals surface area contributed by atoms with Gasteiger partial charge in [0.2, 0.25) is 0 Å². The van der Waals surface area contributed by atoms with E-state index in [9.17, 15) is 19.5 Å². The number of nitrogens with zero attached hydrogens (tertiary/aromatic N) is 1. The average molecular weight is 403 g/mol. The zero-order valence-electron chi connectivity index (χ0n) is 12.6. The number of benzene rings is 1. The largest absolute Gasteiger partial charge is 0.484 e. The SMILES string of the molecule is O=C(COc1ccc(Cl)cc1)NC1C(=O)N2C(C(=O)O)=C(Cl)CS[C@@H]12. The lowest BCUT2D eigenvalue weighted by molar-refractivity contribution is -0.150. The number of ether oxygens (including phenoxy) is 1. The van der Waals surface area contributed by atoms with E-state index in [-0.39, 0.29) is 23.1 Å². The highest BCUT2D eigenvalue weighted by atomic mass is 35.5. The molecular formula is C15H12Cl2N2O5S. The lowest BCUT2D eigenvalue weighted by Crippen LogP contribution is -2.70. The van der Waals surface area contributed by atoms with E-state index in [2.05, 4.69) is 5.32 Å². The highest BCUT2D eigenvalue weighted by Gasteiger charge is 2.54. The Morgan fingerprint density at radius 3 is 2.64 bits per heavy atom. The van der Waals surface area contributed by atoms with Gasteiger partial charge in [0.1, 0.15) is 22.9 Å². The van der Waals surface area contributed by atoms with Crippen LogP contribution in [0.2, 0.25) is 5.02 Å². The van der Waals surface area contributed by atoms with Gasteiger partial charge in [0.05, 0.1) is 5.03 Å². The highest BCUT2D eigenvalue weighted by Crippen LogP contribution is 2.41. The minimum atomic E-state index is -1.26. The van der Waals surface area contributed by atoms with Gasteiger partial charge in [-0.15, -0.1) is 11.8 Å². The molecule has 0 saturated carbocycles. The second-order valence-corrected chi connectivity index (χ2v) is 7.25. The second-order valence-electron chi connectivity index (χ2n) is 5.26. The molecule has 1 saturated heterocycles. The van der Waals surface area contributed by atoms with Crippen LogP contribution in [-0.2, 0) is 14.4 Å². The van der Waals surface area contributed by atoms with Gasteiger partial charge in [0, 0.05) is 10.8 Å². The molecule has 10 heteroatoms. The number of fused-ring (bicyclic) bond motifs is 1. The van der Waals surface area contributed by atoms with E-state index in [1.165, 1.54) is 11.8 Å². The number of carbonyl (C=O) groups excluding carboxylic acids is 2. The zero-order valence-corrected chi connectivity index (χ0v) is 14.9. The standard InChI is InChI=1S/C15H12Cl2N2O5S/c16-7-1-3-8(4-2-7)24-5-10(20)18-11-13(21)19-12(15(22)23)9(17)6-25-14(11)19/h1-4,11,14H,5-6H2,(H,18,20)(H,22,23)/t11?,14-/m0/s1. The van der Waals surface area contributed by atoms with Gasteiger partial charge in [0.15, 0.2) is 6.61 Å². The minimum Gasteiger partial charge on any atom is -0.484 e. The summed E-state index contributed by atoms with van der Waals surface area (Å²) in [4.78, 5) is 36.5. The lowest BCUT2D eigenvalue weighted by atomic mass is 10.1. The monoisotopic (exact) mass is 402 g/mol. The van der Waals surface area contributed by atoms with Crippen LogP contribution < -0.4 is 10.1 Å². The molecule has 2 atom stereocenters. The average Bonchev–Trinajstić information content (AvgIpc) is 2.58. The van der Waals surface area contributed by atoms with E-state index in [0.717, 1.165) is 4.90 Å². The van der Waals surface area contributed by atoms with Gasteiger partial charge in [-0.25, -0.2) is 4.79 Å². The van der Waals surface area contributed by atoms with Crippen molar-refractivity contribution in [1.82, 2.24) is 10.2 Å². The zero-order chi connectivity index (χ0) is 18.1. The van der Waals surface area contributed by atoms with Crippen LogP contribution in [0.25, 0.3) is 0 Å². The Bertz CT molecular complexity index is 768. The first kappa shape index (κ1) is 17.9. The van der Waals surface area contributed by atoms with Gasteiger partial charge in [-0.3, -0.25) is 14.5 Å². The summed E-state index contributed by atoms with van der Waals surface area (Å²) in [5.41, 5.74) is -0.224. The molecule has 3 rings (SSSR count). The number of carboxylic acids is 1. The maximum atomic E-state index is 12.2. The van der Waals surface area contributed by atoms with Crippen molar-refractivity contribution < 1.29 is 24.2 Å². The van der Waals surface area contributed by atoms with Gasteiger partial charge < -0.3 is 15.2 Å². The Hall–Kier alpha value is -1.90. The molecule has 1 aromatic rings. The topological polar surface area (TPSA) is 95.9 Å². The van der Waals surface area contributed by atoms with Crippen LogP contribution in [0.3, 0.4) is 0 Å². The fourth-order valence-corrected chi connectivity index (χ4v) is 4.15. The molecule has 2 aliphatic heterocycles. The van der Waals surface area contributed by atoms with Gasteiger partial charge >= 0.3 is 5.97 Å². The summed E-state index contributed by atoms with van der Waals surface area (Å²) in [5, 5.41) is 11.9.